The maximum absolute atomic E-state index is 13.7. The second-order valence-corrected chi connectivity index (χ2v) is 10.7. The minimum absolute atomic E-state index is 0.0359. The zero-order valence-electron chi connectivity index (χ0n) is 21.7. The summed E-state index contributed by atoms with van der Waals surface area (Å²) < 4.78 is 25.5. The Labute approximate surface area is 213 Å². The van der Waals surface area contributed by atoms with Crippen molar-refractivity contribution < 1.29 is 23.5 Å². The van der Waals surface area contributed by atoms with E-state index in [2.05, 4.69) is 5.32 Å². The molecule has 2 aromatic carbocycles. The third kappa shape index (κ3) is 5.89. The van der Waals surface area contributed by atoms with Crippen molar-refractivity contribution >= 4 is 11.8 Å². The van der Waals surface area contributed by atoms with Crippen molar-refractivity contribution in [1.29, 1.82) is 0 Å². The maximum Gasteiger partial charge on any atom is 0.261 e. The average Bonchev–Trinajstić information content (AvgIpc) is 3.38. The third-order valence-corrected chi connectivity index (χ3v) is 6.90. The first-order chi connectivity index (χ1) is 17.2. The topological polar surface area (TPSA) is 67.9 Å². The number of amides is 2. The Balaban J connectivity index is 1.60. The van der Waals surface area contributed by atoms with Crippen LogP contribution in [0.5, 0.6) is 5.75 Å². The standard InChI is InChI=1S/C29H37FN2O4/c1-5-25(27(33)31-18-23-7-6-16-35-23)36-22-13-10-19-14-15-32(28(34)29(2,3)4)26(24(19)17-22)20-8-11-21(30)12-9-20/h8-13,17,23,25-26H,5-7,14-16,18H2,1-4H3,(H,31,33)/t23-,25+,26-/m1/s1. The van der Waals surface area contributed by atoms with E-state index in [0.717, 1.165) is 36.1 Å². The van der Waals surface area contributed by atoms with Crippen molar-refractivity contribution in [2.45, 2.75) is 71.6 Å². The summed E-state index contributed by atoms with van der Waals surface area (Å²) in [6.07, 6.45) is 2.64. The van der Waals surface area contributed by atoms with Gasteiger partial charge in [-0.15, -0.1) is 0 Å². The van der Waals surface area contributed by atoms with Gasteiger partial charge in [-0.25, -0.2) is 4.39 Å². The second-order valence-electron chi connectivity index (χ2n) is 10.7. The molecule has 2 amide bonds. The largest absolute Gasteiger partial charge is 0.481 e. The van der Waals surface area contributed by atoms with Crippen LogP contribution in [0.15, 0.2) is 42.5 Å². The summed E-state index contributed by atoms with van der Waals surface area (Å²) in [5.74, 6) is 0.129. The minimum Gasteiger partial charge on any atom is -0.481 e. The number of hydrogen-bond donors (Lipinski definition) is 1. The molecule has 0 aliphatic carbocycles. The monoisotopic (exact) mass is 496 g/mol. The first kappa shape index (κ1) is 26.1. The van der Waals surface area contributed by atoms with Crippen LogP contribution in [0.4, 0.5) is 4.39 Å². The van der Waals surface area contributed by atoms with Crippen LogP contribution >= 0.6 is 0 Å². The lowest BCUT2D eigenvalue weighted by atomic mass is 9.85. The van der Waals surface area contributed by atoms with Crippen LogP contribution < -0.4 is 10.1 Å². The summed E-state index contributed by atoms with van der Waals surface area (Å²) in [5.41, 5.74) is 2.34. The van der Waals surface area contributed by atoms with Crippen LogP contribution in [0.3, 0.4) is 0 Å². The summed E-state index contributed by atoms with van der Waals surface area (Å²) >= 11 is 0. The van der Waals surface area contributed by atoms with Gasteiger partial charge in [0.05, 0.1) is 12.1 Å². The predicted octanol–water partition coefficient (Wildman–Crippen LogP) is 4.80. The fraction of sp³-hybridized carbons (Fsp3) is 0.517. The van der Waals surface area contributed by atoms with Gasteiger partial charge >= 0.3 is 0 Å². The molecule has 0 saturated carbocycles. The number of nitrogens with one attached hydrogen (secondary N) is 1. The Kier molecular flexibility index (Phi) is 7.98. The van der Waals surface area contributed by atoms with Gasteiger partial charge in [0, 0.05) is 25.1 Å². The highest BCUT2D eigenvalue weighted by molar-refractivity contribution is 5.83. The summed E-state index contributed by atoms with van der Waals surface area (Å²) in [4.78, 5) is 28.1. The number of ether oxygens (including phenoxy) is 2. The Hall–Kier alpha value is -2.93. The molecule has 4 rings (SSSR count). The SMILES string of the molecule is CC[C@H](Oc1ccc2c(c1)[C@@H](c1ccc(F)cc1)N(C(=O)C(C)(C)C)CC2)C(=O)NC[C@H]1CCCO1. The first-order valence-electron chi connectivity index (χ1n) is 12.9. The van der Waals surface area contributed by atoms with Gasteiger partial charge in [0.25, 0.3) is 5.91 Å². The van der Waals surface area contributed by atoms with Crippen LogP contribution in [0.1, 0.15) is 69.7 Å². The summed E-state index contributed by atoms with van der Waals surface area (Å²) in [6.45, 7) is 9.45. The van der Waals surface area contributed by atoms with Gasteiger partial charge < -0.3 is 19.7 Å². The number of carbonyl (C=O) groups excluding carboxylic acids is 2. The molecule has 1 fully saturated rings. The van der Waals surface area contributed by atoms with Gasteiger partial charge in [-0.05, 0) is 66.6 Å². The van der Waals surface area contributed by atoms with Crippen molar-refractivity contribution in [1.82, 2.24) is 10.2 Å². The van der Waals surface area contributed by atoms with Crippen molar-refractivity contribution in [3.8, 4) is 5.75 Å². The highest BCUT2D eigenvalue weighted by atomic mass is 19.1. The number of nitrogens with zero attached hydrogens (tertiary/aromatic N) is 1. The Bertz CT molecular complexity index is 1070. The Morgan fingerprint density at radius 1 is 1.19 bits per heavy atom. The van der Waals surface area contributed by atoms with Crippen LogP contribution in [-0.2, 0) is 20.7 Å². The van der Waals surface area contributed by atoms with Crippen LogP contribution in [0.2, 0.25) is 0 Å². The molecule has 2 aliphatic rings. The molecule has 1 saturated heterocycles. The van der Waals surface area contributed by atoms with Crippen molar-refractivity contribution in [3.63, 3.8) is 0 Å². The molecule has 0 bridgehead atoms. The molecule has 6 nitrogen and oxygen atoms in total. The molecular weight excluding hydrogens is 459 g/mol. The van der Waals surface area contributed by atoms with E-state index >= 15 is 0 Å². The van der Waals surface area contributed by atoms with Crippen LogP contribution in [-0.4, -0.2) is 48.6 Å². The predicted molar refractivity (Wildman–Crippen MR) is 136 cm³/mol. The molecular formula is C29H37FN2O4. The molecule has 194 valence electrons. The molecule has 0 radical (unpaired) electrons. The van der Waals surface area contributed by atoms with Crippen LogP contribution in [0, 0.1) is 11.2 Å². The molecule has 0 spiro atoms. The highest BCUT2D eigenvalue weighted by Gasteiger charge is 2.37. The molecule has 0 unspecified atom stereocenters. The van der Waals surface area contributed by atoms with Gasteiger partial charge in [0.1, 0.15) is 11.6 Å². The van der Waals surface area contributed by atoms with E-state index in [-0.39, 0.29) is 29.8 Å². The molecule has 3 atom stereocenters. The summed E-state index contributed by atoms with van der Waals surface area (Å²) in [6, 6.07) is 11.8. The van der Waals surface area contributed by atoms with E-state index in [1.54, 1.807) is 12.1 Å². The van der Waals surface area contributed by atoms with Gasteiger partial charge in [0.15, 0.2) is 6.10 Å². The molecule has 1 N–H and O–H groups in total. The van der Waals surface area contributed by atoms with Crippen molar-refractivity contribution in [3.05, 3.63) is 65.0 Å². The molecule has 7 heteroatoms. The Morgan fingerprint density at radius 2 is 1.94 bits per heavy atom. The molecule has 2 heterocycles. The van der Waals surface area contributed by atoms with Gasteiger partial charge in [-0.3, -0.25) is 9.59 Å². The second kappa shape index (κ2) is 11.0. The molecule has 2 aromatic rings. The van der Waals surface area contributed by atoms with E-state index in [1.165, 1.54) is 12.1 Å². The average molecular weight is 497 g/mol. The van der Waals surface area contributed by atoms with Crippen molar-refractivity contribution in [2.24, 2.45) is 5.41 Å². The molecule has 0 aromatic heterocycles. The van der Waals surface area contributed by atoms with Crippen LogP contribution in [0.25, 0.3) is 0 Å². The lowest BCUT2D eigenvalue weighted by Gasteiger charge is -2.41. The quantitative estimate of drug-likeness (QED) is 0.598. The normalized spacial score (nSPS) is 20.5. The van der Waals surface area contributed by atoms with E-state index in [1.807, 2.05) is 50.8 Å². The van der Waals surface area contributed by atoms with E-state index in [9.17, 15) is 14.0 Å². The fourth-order valence-electron chi connectivity index (χ4n) is 4.94. The fourth-order valence-corrected chi connectivity index (χ4v) is 4.94. The molecule has 36 heavy (non-hydrogen) atoms. The van der Waals surface area contributed by atoms with E-state index in [4.69, 9.17) is 9.47 Å². The number of fused-ring (bicyclic) bond motifs is 1. The summed E-state index contributed by atoms with van der Waals surface area (Å²) in [7, 11) is 0. The van der Waals surface area contributed by atoms with Gasteiger partial charge in [0.2, 0.25) is 5.91 Å². The lowest BCUT2D eigenvalue weighted by molar-refractivity contribution is -0.141. The number of halogens is 1. The minimum atomic E-state index is -0.635. The number of benzene rings is 2. The number of hydrogen-bond acceptors (Lipinski definition) is 4. The number of rotatable bonds is 7. The van der Waals surface area contributed by atoms with Gasteiger partial charge in [-0.2, -0.15) is 0 Å². The smallest absolute Gasteiger partial charge is 0.261 e. The van der Waals surface area contributed by atoms with Gasteiger partial charge in [-0.1, -0.05) is 45.9 Å². The van der Waals surface area contributed by atoms with E-state index in [0.29, 0.717) is 31.7 Å². The third-order valence-electron chi connectivity index (χ3n) is 6.90. The highest BCUT2D eigenvalue weighted by Crippen LogP contribution is 2.39. The molecule has 2 aliphatic heterocycles. The summed E-state index contributed by atoms with van der Waals surface area (Å²) in [5, 5.41) is 2.96. The first-order valence-corrected chi connectivity index (χ1v) is 12.9. The lowest BCUT2D eigenvalue weighted by Crippen LogP contribution is -2.45. The van der Waals surface area contributed by atoms with Crippen molar-refractivity contribution in [2.75, 3.05) is 19.7 Å². The maximum atomic E-state index is 13.7. The zero-order chi connectivity index (χ0) is 25.9. The Morgan fingerprint density at radius 3 is 2.58 bits per heavy atom. The zero-order valence-corrected chi connectivity index (χ0v) is 21.7. The number of carbonyl (C=O) groups is 2. The van der Waals surface area contributed by atoms with E-state index < -0.39 is 11.5 Å².